The van der Waals surface area contributed by atoms with Gasteiger partial charge in [0.1, 0.15) is 6.04 Å². The fraction of sp³-hybridized carbons (Fsp3) is 0.846. The number of nitrogens with one attached hydrogen (secondary N) is 1. The van der Waals surface area contributed by atoms with E-state index in [9.17, 15) is 14.7 Å². The van der Waals surface area contributed by atoms with Crippen LogP contribution in [0.25, 0.3) is 0 Å². The summed E-state index contributed by atoms with van der Waals surface area (Å²) in [5, 5.41) is 12.1. The summed E-state index contributed by atoms with van der Waals surface area (Å²) < 4.78 is 0. The van der Waals surface area contributed by atoms with Crippen molar-refractivity contribution in [2.24, 2.45) is 5.92 Å². The molecule has 0 aromatic carbocycles. The van der Waals surface area contributed by atoms with Crippen LogP contribution >= 0.6 is 0 Å². The number of carboxylic acid groups (broad SMARTS) is 1. The van der Waals surface area contributed by atoms with Gasteiger partial charge in [0, 0.05) is 19.1 Å². The summed E-state index contributed by atoms with van der Waals surface area (Å²) in [7, 11) is 3.87. The second-order valence-electron chi connectivity index (χ2n) is 5.71. The number of urea groups is 1. The van der Waals surface area contributed by atoms with Crippen molar-refractivity contribution in [3.8, 4) is 0 Å². The van der Waals surface area contributed by atoms with E-state index in [0.29, 0.717) is 6.54 Å². The minimum absolute atomic E-state index is 0.00107. The Balaban J connectivity index is 2.65. The van der Waals surface area contributed by atoms with Crippen LogP contribution in [0, 0.1) is 5.92 Å². The predicted octanol–water partition coefficient (Wildman–Crippen LogP) is 0.831. The molecule has 110 valence electrons. The van der Waals surface area contributed by atoms with Crippen molar-refractivity contribution in [3.63, 3.8) is 0 Å². The molecule has 1 aliphatic heterocycles. The minimum atomic E-state index is -0.914. The summed E-state index contributed by atoms with van der Waals surface area (Å²) in [5.74, 6) is -0.913. The van der Waals surface area contributed by atoms with Crippen molar-refractivity contribution < 1.29 is 14.7 Å². The van der Waals surface area contributed by atoms with Gasteiger partial charge < -0.3 is 20.2 Å². The molecule has 6 heteroatoms. The first-order chi connectivity index (χ1) is 8.82. The number of carbonyl (C=O) groups is 2. The quantitative estimate of drug-likeness (QED) is 0.794. The number of hydrogen-bond acceptors (Lipinski definition) is 3. The minimum Gasteiger partial charge on any atom is -0.480 e. The predicted molar refractivity (Wildman–Crippen MR) is 73.1 cm³/mol. The molecule has 2 N–H and O–H groups in total. The van der Waals surface area contributed by atoms with Crippen molar-refractivity contribution >= 4 is 12.0 Å². The first-order valence-corrected chi connectivity index (χ1v) is 6.77. The van der Waals surface area contributed by atoms with Gasteiger partial charge in [-0.1, -0.05) is 6.92 Å². The van der Waals surface area contributed by atoms with Gasteiger partial charge in [-0.25, -0.2) is 9.59 Å². The van der Waals surface area contributed by atoms with Gasteiger partial charge in [0.05, 0.1) is 0 Å². The summed E-state index contributed by atoms with van der Waals surface area (Å²) in [4.78, 5) is 26.9. The third-order valence-electron chi connectivity index (χ3n) is 3.46. The number of nitrogens with zero attached hydrogens (tertiary/aromatic N) is 2. The first kappa shape index (κ1) is 15.8. The van der Waals surface area contributed by atoms with Gasteiger partial charge in [0.15, 0.2) is 0 Å². The van der Waals surface area contributed by atoms with Gasteiger partial charge in [0.25, 0.3) is 0 Å². The van der Waals surface area contributed by atoms with Crippen molar-refractivity contribution in [2.45, 2.75) is 38.8 Å². The number of piperidine rings is 1. The van der Waals surface area contributed by atoms with Crippen molar-refractivity contribution in [3.05, 3.63) is 0 Å². The lowest BCUT2D eigenvalue weighted by molar-refractivity contribution is -0.145. The van der Waals surface area contributed by atoms with Crippen LogP contribution in [-0.2, 0) is 4.79 Å². The van der Waals surface area contributed by atoms with E-state index in [-0.39, 0.29) is 18.0 Å². The molecule has 3 atom stereocenters. The van der Waals surface area contributed by atoms with Crippen LogP contribution in [0.5, 0.6) is 0 Å². The summed E-state index contributed by atoms with van der Waals surface area (Å²) in [6.07, 6.45) is 1.72. The smallest absolute Gasteiger partial charge is 0.326 e. The Kier molecular flexibility index (Phi) is 5.60. The highest BCUT2D eigenvalue weighted by Crippen LogP contribution is 2.23. The molecule has 1 aliphatic rings. The van der Waals surface area contributed by atoms with E-state index >= 15 is 0 Å². The van der Waals surface area contributed by atoms with Gasteiger partial charge in [-0.05, 0) is 39.8 Å². The lowest BCUT2D eigenvalue weighted by atomic mass is 9.91. The molecule has 0 aromatic rings. The molecule has 0 bridgehead atoms. The summed E-state index contributed by atoms with van der Waals surface area (Å²) in [6, 6.07) is -0.984. The van der Waals surface area contributed by atoms with Crippen LogP contribution in [0.15, 0.2) is 0 Å². The topological polar surface area (TPSA) is 72.9 Å². The summed E-state index contributed by atoms with van der Waals surface area (Å²) in [5.41, 5.74) is 0. The molecular formula is C13H25N3O3. The fourth-order valence-corrected chi connectivity index (χ4v) is 2.68. The average molecular weight is 271 g/mol. The Morgan fingerprint density at radius 1 is 1.47 bits per heavy atom. The third-order valence-corrected chi connectivity index (χ3v) is 3.46. The number of likely N-dealkylation sites (N-methyl/N-ethyl adjacent to an activating group) is 1. The van der Waals surface area contributed by atoms with Crippen molar-refractivity contribution in [2.75, 3.05) is 27.2 Å². The number of carbonyl (C=O) groups excluding carboxylic acids is 1. The zero-order chi connectivity index (χ0) is 14.6. The maximum Gasteiger partial charge on any atom is 0.326 e. The highest BCUT2D eigenvalue weighted by molar-refractivity contribution is 5.83. The average Bonchev–Trinajstić information content (AvgIpc) is 2.26. The van der Waals surface area contributed by atoms with E-state index in [1.165, 1.54) is 4.90 Å². The SMILES string of the molecule is CC(CN(C)C)NC(=O)N1CCCC(C)C1C(=O)O. The van der Waals surface area contributed by atoms with Crippen LogP contribution in [0.2, 0.25) is 0 Å². The number of carboxylic acids is 1. The monoisotopic (exact) mass is 271 g/mol. The van der Waals surface area contributed by atoms with Gasteiger partial charge in [-0.2, -0.15) is 0 Å². The molecule has 2 amide bonds. The molecule has 6 nitrogen and oxygen atoms in total. The first-order valence-electron chi connectivity index (χ1n) is 6.77. The Labute approximate surface area is 114 Å². The largest absolute Gasteiger partial charge is 0.480 e. The number of hydrogen-bond donors (Lipinski definition) is 2. The lowest BCUT2D eigenvalue weighted by Crippen LogP contribution is -2.57. The molecule has 1 fully saturated rings. The molecule has 0 aliphatic carbocycles. The number of amides is 2. The van der Waals surface area contributed by atoms with Crippen LogP contribution < -0.4 is 5.32 Å². The second-order valence-corrected chi connectivity index (χ2v) is 5.71. The van der Waals surface area contributed by atoms with E-state index < -0.39 is 12.0 Å². The Hall–Kier alpha value is -1.30. The maximum absolute atomic E-state index is 12.2. The molecule has 0 saturated carbocycles. The van der Waals surface area contributed by atoms with E-state index in [0.717, 1.165) is 19.4 Å². The second kappa shape index (κ2) is 6.75. The molecule has 19 heavy (non-hydrogen) atoms. The van der Waals surface area contributed by atoms with Gasteiger partial charge >= 0.3 is 12.0 Å². The highest BCUT2D eigenvalue weighted by Gasteiger charge is 2.37. The summed E-state index contributed by atoms with van der Waals surface area (Å²) >= 11 is 0. The lowest BCUT2D eigenvalue weighted by Gasteiger charge is -2.37. The van der Waals surface area contributed by atoms with Crippen LogP contribution in [0.3, 0.4) is 0 Å². The maximum atomic E-state index is 12.2. The van der Waals surface area contributed by atoms with Crippen LogP contribution in [0.1, 0.15) is 26.7 Å². The van der Waals surface area contributed by atoms with Gasteiger partial charge in [0.2, 0.25) is 0 Å². The Bertz CT molecular complexity index is 333. The van der Waals surface area contributed by atoms with Gasteiger partial charge in [-0.15, -0.1) is 0 Å². The third kappa shape index (κ3) is 4.38. The Morgan fingerprint density at radius 3 is 2.63 bits per heavy atom. The van der Waals surface area contributed by atoms with Crippen LogP contribution in [-0.4, -0.2) is 66.2 Å². The molecule has 0 spiro atoms. The molecular weight excluding hydrogens is 246 g/mol. The molecule has 1 saturated heterocycles. The molecule has 0 radical (unpaired) electrons. The van der Waals surface area contributed by atoms with Crippen LogP contribution in [0.4, 0.5) is 4.79 Å². The zero-order valence-electron chi connectivity index (χ0n) is 12.2. The molecule has 1 rings (SSSR count). The fourth-order valence-electron chi connectivity index (χ4n) is 2.68. The standard InChI is InChI=1S/C13H25N3O3/c1-9-6-5-7-16(11(9)12(17)18)13(19)14-10(2)8-15(3)4/h9-11H,5-8H2,1-4H3,(H,14,19)(H,17,18). The summed E-state index contributed by atoms with van der Waals surface area (Å²) in [6.45, 7) is 5.05. The highest BCUT2D eigenvalue weighted by atomic mass is 16.4. The number of aliphatic carboxylic acids is 1. The Morgan fingerprint density at radius 2 is 2.11 bits per heavy atom. The zero-order valence-corrected chi connectivity index (χ0v) is 12.2. The van der Waals surface area contributed by atoms with E-state index in [4.69, 9.17) is 0 Å². The van der Waals surface area contributed by atoms with E-state index in [2.05, 4.69) is 5.32 Å². The number of likely N-dealkylation sites (tertiary alicyclic amines) is 1. The normalized spacial score (nSPS) is 25.2. The van der Waals surface area contributed by atoms with Crippen molar-refractivity contribution in [1.82, 2.24) is 15.1 Å². The molecule has 3 unspecified atom stereocenters. The molecule has 0 aromatic heterocycles. The van der Waals surface area contributed by atoms with E-state index in [1.807, 2.05) is 32.8 Å². The van der Waals surface area contributed by atoms with Gasteiger partial charge in [-0.3, -0.25) is 0 Å². The van der Waals surface area contributed by atoms with E-state index in [1.54, 1.807) is 0 Å². The number of rotatable bonds is 4. The molecule has 1 heterocycles. The van der Waals surface area contributed by atoms with Crippen molar-refractivity contribution in [1.29, 1.82) is 0 Å².